The second-order valence-electron chi connectivity index (χ2n) is 8.23. The number of hydrogen-bond acceptors (Lipinski definition) is 6. The van der Waals surface area contributed by atoms with Crippen LogP contribution in [-0.2, 0) is 10.3 Å². The fraction of sp³-hybridized carbons (Fsp3) is 0.0741. The molecule has 2 heterocycles. The van der Waals surface area contributed by atoms with Crippen LogP contribution in [0.4, 0.5) is 0 Å². The number of halogens is 1. The van der Waals surface area contributed by atoms with Gasteiger partial charge in [0.1, 0.15) is 34.5 Å². The van der Waals surface area contributed by atoms with Crippen molar-refractivity contribution in [1.82, 2.24) is 0 Å². The van der Waals surface area contributed by atoms with E-state index >= 15 is 0 Å². The van der Waals surface area contributed by atoms with Crippen molar-refractivity contribution < 1.29 is 29.2 Å². The van der Waals surface area contributed by atoms with Gasteiger partial charge in [-0.3, -0.25) is 0 Å². The van der Waals surface area contributed by atoms with Gasteiger partial charge in [-0.25, -0.2) is 4.79 Å². The Hall–Kier alpha value is -3.72. The Morgan fingerprint density at radius 3 is 2.38 bits per heavy atom. The molecule has 6 nitrogen and oxygen atoms in total. The van der Waals surface area contributed by atoms with Crippen LogP contribution in [0.15, 0.2) is 72.8 Å². The van der Waals surface area contributed by atoms with Crippen LogP contribution >= 0.6 is 22.6 Å². The van der Waals surface area contributed by atoms with Gasteiger partial charge >= 0.3 is 5.97 Å². The number of ether oxygens (including phenoxy) is 3. The van der Waals surface area contributed by atoms with Gasteiger partial charge in [-0.05, 0) is 77.5 Å². The van der Waals surface area contributed by atoms with E-state index in [1.54, 1.807) is 55.5 Å². The van der Waals surface area contributed by atoms with E-state index in [-0.39, 0.29) is 11.5 Å². The van der Waals surface area contributed by atoms with Gasteiger partial charge in [-0.2, -0.15) is 0 Å². The van der Waals surface area contributed by atoms with Gasteiger partial charge < -0.3 is 24.4 Å². The van der Waals surface area contributed by atoms with Gasteiger partial charge in [0.2, 0.25) is 0 Å². The Morgan fingerprint density at radius 1 is 0.853 bits per heavy atom. The Labute approximate surface area is 208 Å². The maximum atomic E-state index is 12.9. The molecule has 1 spiro atoms. The second kappa shape index (κ2) is 7.39. The van der Waals surface area contributed by atoms with Crippen molar-refractivity contribution in [2.45, 2.75) is 12.5 Å². The number of rotatable bonds is 2. The SMILES string of the molecule is Cc1cc(Oc2ccc3c(c2)Oc2cc(O)ccc2C32OC(=O)c3ccccc32)cc(I)c1O. The van der Waals surface area contributed by atoms with E-state index in [4.69, 9.17) is 14.2 Å². The molecule has 0 amide bonds. The van der Waals surface area contributed by atoms with E-state index in [0.29, 0.717) is 54.4 Å². The van der Waals surface area contributed by atoms with E-state index < -0.39 is 11.6 Å². The molecule has 2 N–H and O–H groups in total. The summed E-state index contributed by atoms with van der Waals surface area (Å²) >= 11 is 2.05. The number of carbonyl (C=O) groups excluding carboxylic acids is 1. The van der Waals surface area contributed by atoms with E-state index in [2.05, 4.69) is 22.6 Å². The van der Waals surface area contributed by atoms with Crippen molar-refractivity contribution in [3.8, 4) is 34.5 Å². The summed E-state index contributed by atoms with van der Waals surface area (Å²) in [6, 6.07) is 20.9. The highest BCUT2D eigenvalue weighted by atomic mass is 127. The average Bonchev–Trinajstić information content (AvgIpc) is 3.10. The van der Waals surface area contributed by atoms with Gasteiger partial charge in [0.25, 0.3) is 0 Å². The normalized spacial score (nSPS) is 17.4. The smallest absolute Gasteiger partial charge is 0.340 e. The summed E-state index contributed by atoms with van der Waals surface area (Å²) in [5, 5.41) is 20.1. The Balaban J connectivity index is 1.52. The van der Waals surface area contributed by atoms with Gasteiger partial charge in [0, 0.05) is 28.8 Å². The molecular weight excluding hydrogens is 547 g/mol. The first-order valence-corrected chi connectivity index (χ1v) is 11.6. The van der Waals surface area contributed by atoms with Gasteiger partial charge in [0.05, 0.1) is 9.13 Å². The summed E-state index contributed by atoms with van der Waals surface area (Å²) < 4.78 is 19.0. The highest BCUT2D eigenvalue weighted by molar-refractivity contribution is 14.1. The third-order valence-corrected chi connectivity index (χ3v) is 6.95. The molecule has 4 aromatic rings. The number of aromatic hydroxyl groups is 2. The van der Waals surface area contributed by atoms with E-state index in [1.807, 2.05) is 18.2 Å². The first kappa shape index (κ1) is 20.9. The fourth-order valence-corrected chi connectivity index (χ4v) is 5.34. The predicted octanol–water partition coefficient (Wildman–Crippen LogP) is 6.37. The molecule has 168 valence electrons. The predicted molar refractivity (Wildman–Crippen MR) is 132 cm³/mol. The molecule has 0 bridgehead atoms. The van der Waals surface area contributed by atoms with Crippen LogP contribution in [0.2, 0.25) is 0 Å². The van der Waals surface area contributed by atoms with E-state index in [1.165, 1.54) is 6.07 Å². The molecular formula is C27H17IO6. The molecule has 0 fully saturated rings. The largest absolute Gasteiger partial charge is 0.508 e. The zero-order valence-electron chi connectivity index (χ0n) is 17.8. The molecule has 7 heteroatoms. The summed E-state index contributed by atoms with van der Waals surface area (Å²) in [5.74, 6) is 1.77. The number of phenols is 2. The Bertz CT molecular complexity index is 1490. The quantitative estimate of drug-likeness (QED) is 0.218. The first-order chi connectivity index (χ1) is 16.4. The minimum atomic E-state index is -1.20. The third kappa shape index (κ3) is 2.96. The molecule has 0 aliphatic carbocycles. The monoisotopic (exact) mass is 564 g/mol. The topological polar surface area (TPSA) is 85.2 Å². The number of esters is 1. The molecule has 6 rings (SSSR count). The molecule has 2 aliphatic heterocycles. The van der Waals surface area contributed by atoms with Crippen LogP contribution in [0.3, 0.4) is 0 Å². The van der Waals surface area contributed by atoms with Gasteiger partial charge in [-0.15, -0.1) is 0 Å². The van der Waals surface area contributed by atoms with E-state index in [0.717, 1.165) is 0 Å². The number of phenolic OH excluding ortho intramolecular Hbond substituents is 2. The highest BCUT2D eigenvalue weighted by Crippen LogP contribution is 2.57. The molecule has 1 unspecified atom stereocenters. The third-order valence-electron chi connectivity index (χ3n) is 6.13. The number of carbonyl (C=O) groups is 1. The molecule has 4 aromatic carbocycles. The number of benzene rings is 4. The summed E-state index contributed by atoms with van der Waals surface area (Å²) in [5.41, 5.74) is 2.00. The van der Waals surface area contributed by atoms with Crippen LogP contribution in [0, 0.1) is 10.5 Å². The van der Waals surface area contributed by atoms with Gasteiger partial charge in [-0.1, -0.05) is 18.2 Å². The Kier molecular flexibility index (Phi) is 4.54. The molecule has 1 atom stereocenters. The maximum Gasteiger partial charge on any atom is 0.340 e. The fourth-order valence-electron chi connectivity index (χ4n) is 4.61. The molecule has 0 aromatic heterocycles. The number of aryl methyl sites for hydroxylation is 1. The lowest BCUT2D eigenvalue weighted by Gasteiger charge is -2.36. The summed E-state index contributed by atoms with van der Waals surface area (Å²) in [4.78, 5) is 12.9. The second-order valence-corrected chi connectivity index (χ2v) is 9.39. The van der Waals surface area contributed by atoms with Gasteiger partial charge in [0.15, 0.2) is 5.60 Å². The van der Waals surface area contributed by atoms with Crippen molar-refractivity contribution in [3.05, 3.63) is 104 Å². The standard InChI is InChI=1S/C27H17IO6/c1-14-10-17(12-22(28)25(14)30)32-16-7-9-21-24(13-16)33-23-11-15(29)6-8-20(23)27(21)19-5-3-2-4-18(19)26(31)34-27/h2-13,29-30H,1H3. The highest BCUT2D eigenvalue weighted by Gasteiger charge is 2.53. The zero-order chi connectivity index (χ0) is 23.6. The first-order valence-electron chi connectivity index (χ1n) is 10.5. The van der Waals surface area contributed by atoms with Crippen LogP contribution in [-0.4, -0.2) is 16.2 Å². The summed E-state index contributed by atoms with van der Waals surface area (Å²) in [6.45, 7) is 1.80. The van der Waals surface area contributed by atoms with Crippen LogP contribution in [0.1, 0.15) is 32.6 Å². The Morgan fingerprint density at radius 2 is 1.59 bits per heavy atom. The minimum absolute atomic E-state index is 0.0384. The van der Waals surface area contributed by atoms with Crippen molar-refractivity contribution >= 4 is 28.6 Å². The van der Waals surface area contributed by atoms with Crippen LogP contribution < -0.4 is 9.47 Å². The number of hydrogen-bond donors (Lipinski definition) is 2. The molecule has 0 radical (unpaired) electrons. The molecule has 34 heavy (non-hydrogen) atoms. The lowest BCUT2D eigenvalue weighted by molar-refractivity contribution is 0.0224. The minimum Gasteiger partial charge on any atom is -0.508 e. The lowest BCUT2D eigenvalue weighted by atomic mass is 9.77. The van der Waals surface area contributed by atoms with Crippen LogP contribution in [0.25, 0.3) is 0 Å². The molecule has 0 saturated carbocycles. The van der Waals surface area contributed by atoms with E-state index in [9.17, 15) is 15.0 Å². The molecule has 0 saturated heterocycles. The maximum absolute atomic E-state index is 12.9. The zero-order valence-corrected chi connectivity index (χ0v) is 20.0. The lowest BCUT2D eigenvalue weighted by Crippen LogP contribution is -2.32. The van der Waals surface area contributed by atoms with Crippen LogP contribution in [0.5, 0.6) is 34.5 Å². The summed E-state index contributed by atoms with van der Waals surface area (Å²) in [6.07, 6.45) is 0. The number of fused-ring (bicyclic) bond motifs is 6. The van der Waals surface area contributed by atoms with Crippen molar-refractivity contribution in [3.63, 3.8) is 0 Å². The summed E-state index contributed by atoms with van der Waals surface area (Å²) in [7, 11) is 0. The average molecular weight is 564 g/mol. The van der Waals surface area contributed by atoms with Crippen molar-refractivity contribution in [2.24, 2.45) is 0 Å². The molecule has 2 aliphatic rings. The van der Waals surface area contributed by atoms with Crippen molar-refractivity contribution in [2.75, 3.05) is 0 Å². The van der Waals surface area contributed by atoms with Crippen molar-refractivity contribution in [1.29, 1.82) is 0 Å².